The van der Waals surface area contributed by atoms with E-state index in [9.17, 15) is 0 Å². The lowest BCUT2D eigenvalue weighted by molar-refractivity contribution is 0.122. The monoisotopic (exact) mass is 357 g/mol. The van der Waals surface area contributed by atoms with E-state index in [2.05, 4.69) is 25.1 Å². The van der Waals surface area contributed by atoms with Crippen LogP contribution in [-0.2, 0) is 4.74 Å². The average Bonchev–Trinajstić information content (AvgIpc) is 3.12. The van der Waals surface area contributed by atoms with Gasteiger partial charge in [-0.3, -0.25) is 0 Å². The van der Waals surface area contributed by atoms with Gasteiger partial charge < -0.3 is 9.64 Å². The summed E-state index contributed by atoms with van der Waals surface area (Å²) in [5, 5.41) is 10.4. The normalized spacial score (nSPS) is 14.8. The molecule has 1 fully saturated rings. The number of benzene rings is 1. The van der Waals surface area contributed by atoms with Gasteiger partial charge in [-0.25, -0.2) is 9.97 Å². The Morgan fingerprint density at radius 1 is 1.04 bits per heavy atom. The number of hydrogen-bond donors (Lipinski definition) is 0. The highest BCUT2D eigenvalue weighted by Gasteiger charge is 2.16. The summed E-state index contributed by atoms with van der Waals surface area (Å²) in [7, 11) is 0. The third kappa shape index (κ3) is 3.55. The third-order valence-electron chi connectivity index (χ3n) is 3.53. The van der Waals surface area contributed by atoms with Crippen LogP contribution in [-0.4, -0.2) is 46.5 Å². The maximum Gasteiger partial charge on any atom is 0.209 e. The summed E-state index contributed by atoms with van der Waals surface area (Å²) >= 11 is 3.10. The van der Waals surface area contributed by atoms with E-state index < -0.39 is 0 Å². The first-order chi connectivity index (χ1) is 11.9. The summed E-state index contributed by atoms with van der Waals surface area (Å²) in [6, 6.07) is 11.9. The average molecular weight is 357 g/mol. The van der Waals surface area contributed by atoms with Crippen LogP contribution in [0.1, 0.15) is 0 Å². The van der Waals surface area contributed by atoms with E-state index in [4.69, 9.17) is 4.74 Å². The molecule has 0 atom stereocenters. The molecule has 1 aliphatic heterocycles. The van der Waals surface area contributed by atoms with Gasteiger partial charge in [0.2, 0.25) is 5.13 Å². The molecule has 0 aliphatic carbocycles. The molecule has 0 amide bonds. The Kier molecular flexibility index (Phi) is 4.68. The molecular formula is C16H15N5OS2. The standard InChI is InChI=1S/C16H15N5OS2/c1-2-4-12(5-3-1)14-17-7-6-13(18-14)23-16-20-19-15(24-16)21-8-10-22-11-9-21/h1-7H,8-11H2. The van der Waals surface area contributed by atoms with Gasteiger partial charge in [0.05, 0.1) is 13.2 Å². The van der Waals surface area contributed by atoms with E-state index in [1.54, 1.807) is 17.5 Å². The van der Waals surface area contributed by atoms with Crippen LogP contribution in [0.2, 0.25) is 0 Å². The zero-order valence-electron chi connectivity index (χ0n) is 12.8. The van der Waals surface area contributed by atoms with Crippen molar-refractivity contribution in [1.29, 1.82) is 0 Å². The van der Waals surface area contributed by atoms with Crippen molar-refractivity contribution in [2.75, 3.05) is 31.2 Å². The number of rotatable bonds is 4. The van der Waals surface area contributed by atoms with Crippen molar-refractivity contribution >= 4 is 28.2 Å². The Balaban J connectivity index is 1.50. The van der Waals surface area contributed by atoms with Crippen LogP contribution < -0.4 is 4.90 Å². The van der Waals surface area contributed by atoms with Crippen LogP contribution in [0.15, 0.2) is 52.0 Å². The summed E-state index contributed by atoms with van der Waals surface area (Å²) in [5.41, 5.74) is 1.01. The van der Waals surface area contributed by atoms with Gasteiger partial charge >= 0.3 is 0 Å². The largest absolute Gasteiger partial charge is 0.378 e. The second-order valence-corrected chi connectivity index (χ2v) is 7.36. The Labute approximate surface area is 147 Å². The molecule has 122 valence electrons. The molecule has 1 aliphatic rings. The molecule has 3 aromatic rings. The van der Waals surface area contributed by atoms with Crippen LogP contribution >= 0.6 is 23.1 Å². The molecule has 1 saturated heterocycles. The van der Waals surface area contributed by atoms with Gasteiger partial charge in [0.25, 0.3) is 0 Å². The smallest absolute Gasteiger partial charge is 0.209 e. The number of morpholine rings is 1. The Hall–Kier alpha value is -2.03. The molecule has 0 saturated carbocycles. The fraction of sp³-hybridized carbons (Fsp3) is 0.250. The zero-order valence-corrected chi connectivity index (χ0v) is 14.5. The van der Waals surface area contributed by atoms with Crippen LogP contribution in [0.4, 0.5) is 5.13 Å². The Morgan fingerprint density at radius 3 is 2.71 bits per heavy atom. The summed E-state index contributed by atoms with van der Waals surface area (Å²) in [4.78, 5) is 11.2. The van der Waals surface area contributed by atoms with E-state index in [0.29, 0.717) is 0 Å². The van der Waals surface area contributed by atoms with Crippen LogP contribution in [0.5, 0.6) is 0 Å². The molecule has 0 radical (unpaired) electrons. The summed E-state index contributed by atoms with van der Waals surface area (Å²) < 4.78 is 6.26. The summed E-state index contributed by atoms with van der Waals surface area (Å²) in [6.07, 6.45) is 1.78. The van der Waals surface area contributed by atoms with E-state index in [0.717, 1.165) is 52.2 Å². The molecule has 0 bridgehead atoms. The molecule has 3 heterocycles. The lowest BCUT2D eigenvalue weighted by Gasteiger charge is -2.25. The van der Waals surface area contributed by atoms with Crippen molar-refractivity contribution in [2.24, 2.45) is 0 Å². The molecule has 2 aromatic heterocycles. The Bertz CT molecular complexity index is 805. The molecule has 24 heavy (non-hydrogen) atoms. The van der Waals surface area contributed by atoms with Gasteiger partial charge in [-0.05, 0) is 17.8 Å². The van der Waals surface area contributed by atoms with Crippen molar-refractivity contribution in [1.82, 2.24) is 20.2 Å². The third-order valence-corrected chi connectivity index (χ3v) is 5.50. The maximum atomic E-state index is 5.37. The number of nitrogens with zero attached hydrogens (tertiary/aromatic N) is 5. The highest BCUT2D eigenvalue weighted by Crippen LogP contribution is 2.33. The number of anilines is 1. The number of hydrogen-bond acceptors (Lipinski definition) is 8. The van der Waals surface area contributed by atoms with E-state index in [1.165, 1.54) is 11.8 Å². The van der Waals surface area contributed by atoms with Crippen LogP contribution in [0.25, 0.3) is 11.4 Å². The van der Waals surface area contributed by atoms with Gasteiger partial charge in [0, 0.05) is 24.8 Å². The minimum Gasteiger partial charge on any atom is -0.378 e. The highest BCUT2D eigenvalue weighted by atomic mass is 32.2. The fourth-order valence-electron chi connectivity index (χ4n) is 2.34. The quantitative estimate of drug-likeness (QED) is 0.665. The first kappa shape index (κ1) is 15.5. The molecule has 0 N–H and O–H groups in total. The first-order valence-corrected chi connectivity index (χ1v) is 9.24. The van der Waals surface area contributed by atoms with Crippen molar-refractivity contribution in [2.45, 2.75) is 9.37 Å². The lowest BCUT2D eigenvalue weighted by Crippen LogP contribution is -2.36. The van der Waals surface area contributed by atoms with Gasteiger partial charge in [0.1, 0.15) is 5.03 Å². The molecule has 4 rings (SSSR count). The second kappa shape index (κ2) is 7.25. The van der Waals surface area contributed by atoms with Gasteiger partial charge in [0.15, 0.2) is 10.2 Å². The number of ether oxygens (including phenoxy) is 1. The van der Waals surface area contributed by atoms with E-state index >= 15 is 0 Å². The van der Waals surface area contributed by atoms with E-state index in [-0.39, 0.29) is 0 Å². The zero-order chi connectivity index (χ0) is 16.2. The topological polar surface area (TPSA) is 64.0 Å². The minimum absolute atomic E-state index is 0.721. The first-order valence-electron chi connectivity index (χ1n) is 7.61. The molecule has 6 nitrogen and oxygen atoms in total. The SMILES string of the molecule is c1ccc(-c2nccc(Sc3nnc(N4CCOCC4)s3)n2)cc1. The Morgan fingerprint density at radius 2 is 1.88 bits per heavy atom. The van der Waals surface area contributed by atoms with E-state index in [1.807, 2.05) is 36.4 Å². The molecule has 8 heteroatoms. The highest BCUT2D eigenvalue weighted by molar-refractivity contribution is 8.01. The van der Waals surface area contributed by atoms with Gasteiger partial charge in [-0.2, -0.15) is 0 Å². The van der Waals surface area contributed by atoms with Crippen molar-refractivity contribution in [3.8, 4) is 11.4 Å². The predicted molar refractivity (Wildman–Crippen MR) is 94.5 cm³/mol. The lowest BCUT2D eigenvalue weighted by atomic mass is 10.2. The maximum absolute atomic E-state index is 5.37. The molecule has 1 aromatic carbocycles. The van der Waals surface area contributed by atoms with Crippen molar-refractivity contribution in [3.63, 3.8) is 0 Å². The molecule has 0 unspecified atom stereocenters. The summed E-state index contributed by atoms with van der Waals surface area (Å²) in [5.74, 6) is 0.721. The number of aromatic nitrogens is 4. The van der Waals surface area contributed by atoms with Crippen LogP contribution in [0.3, 0.4) is 0 Å². The molecular weight excluding hydrogens is 342 g/mol. The van der Waals surface area contributed by atoms with Gasteiger partial charge in [-0.1, -0.05) is 41.7 Å². The van der Waals surface area contributed by atoms with Crippen LogP contribution in [0, 0.1) is 0 Å². The molecule has 0 spiro atoms. The van der Waals surface area contributed by atoms with Crippen molar-refractivity contribution in [3.05, 3.63) is 42.6 Å². The predicted octanol–water partition coefficient (Wildman–Crippen LogP) is 2.98. The fourth-order valence-corrected chi connectivity index (χ4v) is 4.14. The van der Waals surface area contributed by atoms with Crippen molar-refractivity contribution < 1.29 is 4.74 Å². The summed E-state index contributed by atoms with van der Waals surface area (Å²) in [6.45, 7) is 3.22. The second-order valence-electron chi connectivity index (χ2n) is 5.14. The van der Waals surface area contributed by atoms with Gasteiger partial charge in [-0.15, -0.1) is 10.2 Å². The minimum atomic E-state index is 0.721.